The Bertz CT molecular complexity index is 1290. The molecule has 8 heteroatoms. The number of esters is 1. The zero-order valence-electron chi connectivity index (χ0n) is 18.4. The number of ether oxygens (including phenoxy) is 1. The summed E-state index contributed by atoms with van der Waals surface area (Å²) in [6, 6.07) is 14.7. The number of fused-ring (bicyclic) bond motifs is 1. The molecule has 0 amide bonds. The molecule has 1 aromatic heterocycles. The van der Waals surface area contributed by atoms with E-state index in [4.69, 9.17) is 10.5 Å². The van der Waals surface area contributed by atoms with Crippen LogP contribution in [0.4, 0.5) is 5.95 Å². The first kappa shape index (κ1) is 22.1. The predicted molar refractivity (Wildman–Crippen MR) is 125 cm³/mol. The van der Waals surface area contributed by atoms with E-state index in [1.165, 1.54) is 6.08 Å². The van der Waals surface area contributed by atoms with Crippen molar-refractivity contribution in [1.29, 1.82) is 0 Å². The number of carbonyl (C=O) groups is 1. The van der Waals surface area contributed by atoms with Crippen LogP contribution in [0.15, 0.2) is 54.6 Å². The topological polar surface area (TPSA) is 104 Å². The molecule has 32 heavy (non-hydrogen) atoms. The summed E-state index contributed by atoms with van der Waals surface area (Å²) in [5.41, 5.74) is 8.92. The van der Waals surface area contributed by atoms with Crippen molar-refractivity contribution >= 4 is 38.5 Å². The molecule has 0 saturated heterocycles. The second-order valence-corrected chi connectivity index (χ2v) is 10.8. The predicted octanol–water partition coefficient (Wildman–Crippen LogP) is 3.98. The molecule has 7 nitrogen and oxygen atoms in total. The van der Waals surface area contributed by atoms with E-state index < -0.39 is 21.2 Å². The van der Waals surface area contributed by atoms with Crippen LogP contribution < -0.4 is 5.73 Å². The van der Waals surface area contributed by atoms with Gasteiger partial charge in [0.1, 0.15) is 6.10 Å². The van der Waals surface area contributed by atoms with Gasteiger partial charge in [0.05, 0.1) is 16.3 Å². The normalized spacial score (nSPS) is 15.8. The van der Waals surface area contributed by atoms with Crippen molar-refractivity contribution < 1.29 is 17.9 Å². The molecule has 1 saturated carbocycles. The highest BCUT2D eigenvalue weighted by Crippen LogP contribution is 2.34. The number of nitrogens with two attached hydrogens (primary N) is 1. The molecule has 0 bridgehead atoms. The molecule has 0 spiro atoms. The zero-order chi connectivity index (χ0) is 23.0. The first-order chi connectivity index (χ1) is 15.2. The van der Waals surface area contributed by atoms with Crippen LogP contribution >= 0.6 is 0 Å². The fraction of sp³-hybridized carbons (Fsp3) is 0.333. The number of anilines is 1. The minimum absolute atomic E-state index is 0.0891. The summed E-state index contributed by atoms with van der Waals surface area (Å²) in [6.45, 7) is 5.10. The quantitative estimate of drug-likeness (QED) is 0.429. The lowest BCUT2D eigenvalue weighted by atomic mass is 9.97. The number of benzene rings is 2. The third-order valence-corrected chi connectivity index (χ3v) is 7.82. The Balaban J connectivity index is 1.83. The van der Waals surface area contributed by atoms with Gasteiger partial charge < -0.3 is 10.5 Å². The molecule has 168 valence electrons. The molecule has 1 unspecified atom stereocenters. The fourth-order valence-electron chi connectivity index (χ4n) is 3.67. The van der Waals surface area contributed by atoms with Crippen molar-refractivity contribution in [3.8, 4) is 0 Å². The average Bonchev–Trinajstić information content (AvgIpc) is 3.54. The minimum atomic E-state index is -3.72. The Morgan fingerprint density at radius 2 is 1.81 bits per heavy atom. The Morgan fingerprint density at radius 1 is 1.12 bits per heavy atom. The van der Waals surface area contributed by atoms with Gasteiger partial charge in [0, 0.05) is 6.08 Å². The lowest BCUT2D eigenvalue weighted by molar-refractivity contribution is -0.143. The maximum Gasteiger partial charge on any atom is 0.331 e. The van der Waals surface area contributed by atoms with Crippen LogP contribution in [0.25, 0.3) is 16.6 Å². The molecular formula is C24H27N3O4S. The molecule has 1 fully saturated rings. The van der Waals surface area contributed by atoms with Crippen molar-refractivity contribution in [2.75, 3.05) is 5.73 Å². The Morgan fingerprint density at radius 3 is 2.44 bits per heavy atom. The molecule has 1 atom stereocenters. The van der Waals surface area contributed by atoms with Crippen LogP contribution in [0.2, 0.25) is 0 Å². The van der Waals surface area contributed by atoms with Crippen molar-refractivity contribution in [3.05, 3.63) is 65.7 Å². The standard InChI is InChI=1S/C24H27N3O4S/c1-15(2)32(29,30)27-22-13-19(11-12-21(22)26-24(27)25)20(18-7-5-4-6-8-18)14-23(28)31-16(3)17-9-10-17/h4-8,11-17H,9-10H2,1-3H3,(H2,25,26)/b20-14+. The van der Waals surface area contributed by atoms with Crippen LogP contribution in [0, 0.1) is 5.92 Å². The number of hydrogen-bond donors (Lipinski definition) is 1. The van der Waals surface area contributed by atoms with E-state index >= 15 is 0 Å². The number of hydrogen-bond acceptors (Lipinski definition) is 6. The summed E-state index contributed by atoms with van der Waals surface area (Å²) < 4.78 is 32.5. The smallest absolute Gasteiger partial charge is 0.331 e. The first-order valence-electron chi connectivity index (χ1n) is 10.7. The SMILES string of the molecule is CC(OC(=O)/C=C(\c1ccccc1)c1ccc2nc(N)n(S(=O)(=O)C(C)C)c2c1)C1CC1. The average molecular weight is 454 g/mol. The molecule has 0 aliphatic heterocycles. The van der Waals surface area contributed by atoms with Gasteiger partial charge in [-0.3, -0.25) is 0 Å². The van der Waals surface area contributed by atoms with Gasteiger partial charge in [0.2, 0.25) is 16.0 Å². The van der Waals surface area contributed by atoms with Crippen molar-refractivity contribution in [1.82, 2.24) is 8.96 Å². The molecule has 2 N–H and O–H groups in total. The largest absolute Gasteiger partial charge is 0.459 e. The highest BCUT2D eigenvalue weighted by atomic mass is 32.2. The molecule has 1 heterocycles. The van der Waals surface area contributed by atoms with Gasteiger partial charge in [-0.1, -0.05) is 36.4 Å². The lowest BCUT2D eigenvalue weighted by Crippen LogP contribution is -2.23. The third kappa shape index (κ3) is 4.27. The number of imidazole rings is 1. The van der Waals surface area contributed by atoms with Gasteiger partial charge in [-0.25, -0.2) is 22.2 Å². The second-order valence-electron chi connectivity index (χ2n) is 8.44. The second kappa shape index (κ2) is 8.43. The highest BCUT2D eigenvalue weighted by molar-refractivity contribution is 7.90. The summed E-state index contributed by atoms with van der Waals surface area (Å²) >= 11 is 0. The molecular weight excluding hydrogens is 426 g/mol. The number of aromatic nitrogens is 2. The van der Waals surface area contributed by atoms with Gasteiger partial charge in [0.25, 0.3) is 0 Å². The fourth-order valence-corrected chi connectivity index (χ4v) is 4.81. The van der Waals surface area contributed by atoms with Gasteiger partial charge in [-0.2, -0.15) is 0 Å². The van der Waals surface area contributed by atoms with Gasteiger partial charge in [-0.05, 0) is 68.4 Å². The molecule has 4 rings (SSSR count). The third-order valence-electron chi connectivity index (χ3n) is 5.73. The Kier molecular flexibility index (Phi) is 5.81. The molecule has 1 aliphatic carbocycles. The first-order valence-corrected chi connectivity index (χ1v) is 12.2. The van der Waals surface area contributed by atoms with Crippen molar-refractivity contribution in [2.24, 2.45) is 5.92 Å². The van der Waals surface area contributed by atoms with Gasteiger partial charge in [-0.15, -0.1) is 0 Å². The molecule has 3 aromatic rings. The van der Waals surface area contributed by atoms with E-state index in [1.807, 2.05) is 37.3 Å². The zero-order valence-corrected chi connectivity index (χ0v) is 19.2. The van der Waals surface area contributed by atoms with Crippen LogP contribution in [0.1, 0.15) is 44.7 Å². The maximum atomic E-state index is 12.9. The van der Waals surface area contributed by atoms with Gasteiger partial charge in [0.15, 0.2) is 0 Å². The van der Waals surface area contributed by atoms with E-state index in [0.29, 0.717) is 28.1 Å². The van der Waals surface area contributed by atoms with Crippen molar-refractivity contribution in [2.45, 2.75) is 45.0 Å². The summed E-state index contributed by atoms with van der Waals surface area (Å²) in [4.78, 5) is 16.9. The Hall–Kier alpha value is -3.13. The van der Waals surface area contributed by atoms with E-state index in [2.05, 4.69) is 4.98 Å². The number of nitrogens with zero attached hydrogens (tertiary/aromatic N) is 2. The minimum Gasteiger partial charge on any atom is -0.459 e. The van der Waals surface area contributed by atoms with Crippen LogP contribution in [0.3, 0.4) is 0 Å². The molecule has 1 aliphatic rings. The Labute approximate surface area is 188 Å². The summed E-state index contributed by atoms with van der Waals surface area (Å²) in [7, 11) is -3.72. The summed E-state index contributed by atoms with van der Waals surface area (Å²) in [5.74, 6) is -0.0811. The number of nitrogen functional groups attached to an aromatic ring is 1. The maximum absolute atomic E-state index is 12.9. The number of carbonyl (C=O) groups excluding carboxylic acids is 1. The number of rotatable bonds is 7. The van der Waals surface area contributed by atoms with E-state index in [-0.39, 0.29) is 12.1 Å². The van der Waals surface area contributed by atoms with Crippen LogP contribution in [-0.2, 0) is 19.6 Å². The van der Waals surface area contributed by atoms with E-state index in [1.54, 1.807) is 32.0 Å². The van der Waals surface area contributed by atoms with E-state index in [9.17, 15) is 13.2 Å². The lowest BCUT2D eigenvalue weighted by Gasteiger charge is -2.14. The summed E-state index contributed by atoms with van der Waals surface area (Å²) in [5, 5.41) is -0.672. The highest BCUT2D eigenvalue weighted by Gasteiger charge is 2.30. The monoisotopic (exact) mass is 453 g/mol. The van der Waals surface area contributed by atoms with Crippen molar-refractivity contribution in [3.63, 3.8) is 0 Å². The van der Waals surface area contributed by atoms with Gasteiger partial charge >= 0.3 is 5.97 Å². The van der Waals surface area contributed by atoms with Crippen LogP contribution in [-0.4, -0.2) is 34.7 Å². The summed E-state index contributed by atoms with van der Waals surface area (Å²) in [6.07, 6.45) is 3.50. The van der Waals surface area contributed by atoms with Crippen LogP contribution in [0.5, 0.6) is 0 Å². The molecule has 0 radical (unpaired) electrons. The van der Waals surface area contributed by atoms with E-state index in [0.717, 1.165) is 22.4 Å². The molecule has 2 aromatic carbocycles.